The van der Waals surface area contributed by atoms with Crippen molar-refractivity contribution in [1.82, 2.24) is 0 Å². The maximum Gasteiger partial charge on any atom is 0.339 e. The average molecular weight is 266 g/mol. The number of halogens is 1. The van der Waals surface area contributed by atoms with Crippen molar-refractivity contribution in [3.63, 3.8) is 0 Å². The summed E-state index contributed by atoms with van der Waals surface area (Å²) in [5.41, 5.74) is 0.171. The van der Waals surface area contributed by atoms with Crippen LogP contribution in [0.3, 0.4) is 0 Å². The summed E-state index contributed by atoms with van der Waals surface area (Å²) in [6.45, 7) is 1.61. The lowest BCUT2D eigenvalue weighted by molar-refractivity contribution is 0.0695. The van der Waals surface area contributed by atoms with Crippen LogP contribution in [0.5, 0.6) is 0 Å². The van der Waals surface area contributed by atoms with Crippen molar-refractivity contribution in [3.05, 3.63) is 53.2 Å². The Bertz CT molecular complexity index is 577. The van der Waals surface area contributed by atoms with Gasteiger partial charge in [0, 0.05) is 4.90 Å². The summed E-state index contributed by atoms with van der Waals surface area (Å²) in [6, 6.07) is 7.74. The maximum absolute atomic E-state index is 13.0. The molecule has 0 amide bonds. The fourth-order valence-electron chi connectivity index (χ4n) is 1.54. The molecule has 0 aliphatic heterocycles. The number of carbonyl (C=O) groups is 1. The van der Waals surface area contributed by atoms with Gasteiger partial charge in [0.25, 0.3) is 0 Å². The van der Waals surface area contributed by atoms with Gasteiger partial charge in [-0.3, -0.25) is 0 Å². The molecule has 1 N–H and O–H groups in total. The van der Waals surface area contributed by atoms with Gasteiger partial charge in [0.15, 0.2) is 0 Å². The largest absolute Gasteiger partial charge is 0.478 e. The fourth-order valence-corrected chi connectivity index (χ4v) is 2.36. The highest BCUT2D eigenvalue weighted by Gasteiger charge is 2.13. The van der Waals surface area contributed by atoms with Crippen LogP contribution in [0.25, 0.3) is 0 Å². The van der Waals surface area contributed by atoms with Gasteiger partial charge in [-0.2, -0.15) is 0 Å². The molecule has 0 unspecified atom stereocenters. The molecule has 0 aliphatic rings. The van der Waals surface area contributed by atoms with E-state index >= 15 is 0 Å². The number of thioether (sulfide) groups is 1. The first-order chi connectivity index (χ1) is 8.56. The molecule has 0 radical (unpaired) electrons. The van der Waals surface area contributed by atoms with E-state index in [1.165, 1.54) is 30.0 Å². The molecule has 0 saturated carbocycles. The predicted molar refractivity (Wildman–Crippen MR) is 66.4 cm³/mol. The molecule has 0 aliphatic carbocycles. The molecule has 2 rings (SSSR count). The monoisotopic (exact) mass is 266 g/mol. The van der Waals surface area contributed by atoms with Gasteiger partial charge >= 0.3 is 5.97 Å². The first kappa shape index (κ1) is 12.7. The first-order valence-electron chi connectivity index (χ1n) is 5.27. The summed E-state index contributed by atoms with van der Waals surface area (Å²) >= 11 is 1.39. The third-order valence-corrected chi connectivity index (χ3v) is 3.39. The van der Waals surface area contributed by atoms with Crippen LogP contribution in [0.1, 0.15) is 21.9 Å². The number of hydrogen-bond donors (Lipinski definition) is 1. The van der Waals surface area contributed by atoms with Gasteiger partial charge < -0.3 is 9.52 Å². The van der Waals surface area contributed by atoms with Crippen LogP contribution >= 0.6 is 11.8 Å². The van der Waals surface area contributed by atoms with E-state index in [2.05, 4.69) is 0 Å². The van der Waals surface area contributed by atoms with Gasteiger partial charge in [-0.05, 0) is 31.2 Å². The van der Waals surface area contributed by atoms with E-state index in [1.807, 2.05) is 0 Å². The van der Waals surface area contributed by atoms with E-state index in [0.29, 0.717) is 17.3 Å². The van der Waals surface area contributed by atoms with E-state index in [-0.39, 0.29) is 11.4 Å². The Balaban J connectivity index is 2.06. The van der Waals surface area contributed by atoms with Gasteiger partial charge in [-0.1, -0.05) is 6.07 Å². The Morgan fingerprint density at radius 2 is 2.22 bits per heavy atom. The van der Waals surface area contributed by atoms with Crippen molar-refractivity contribution in [3.8, 4) is 0 Å². The summed E-state index contributed by atoms with van der Waals surface area (Å²) in [5, 5.41) is 8.88. The molecule has 0 bridgehead atoms. The molecule has 0 saturated heterocycles. The second-order valence-electron chi connectivity index (χ2n) is 3.73. The zero-order valence-corrected chi connectivity index (χ0v) is 10.5. The molecule has 5 heteroatoms. The molecular weight excluding hydrogens is 255 g/mol. The highest BCUT2D eigenvalue weighted by molar-refractivity contribution is 7.98. The number of carboxylic acids is 1. The van der Waals surface area contributed by atoms with E-state index < -0.39 is 5.97 Å². The Labute approximate surface area is 108 Å². The minimum absolute atomic E-state index is 0.171. The lowest BCUT2D eigenvalue weighted by Crippen LogP contribution is -1.94. The molecule has 1 aromatic heterocycles. The standard InChI is InChI=1S/C13H11FO3S/c1-8-12(13(15)16)6-10(17-8)7-18-11-4-2-3-9(14)5-11/h2-6H,7H2,1H3,(H,15,16). The van der Waals surface area contributed by atoms with Crippen molar-refractivity contribution < 1.29 is 18.7 Å². The van der Waals surface area contributed by atoms with Gasteiger partial charge in [0.05, 0.1) is 5.75 Å². The summed E-state index contributed by atoms with van der Waals surface area (Å²) in [4.78, 5) is 11.6. The molecule has 3 nitrogen and oxygen atoms in total. The quantitative estimate of drug-likeness (QED) is 0.857. The minimum atomic E-state index is -1.00. The lowest BCUT2D eigenvalue weighted by atomic mass is 10.2. The smallest absolute Gasteiger partial charge is 0.339 e. The number of aromatic carboxylic acids is 1. The molecule has 1 heterocycles. The summed E-state index contributed by atoms with van der Waals surface area (Å²) in [7, 11) is 0. The second kappa shape index (κ2) is 5.27. The van der Waals surface area contributed by atoms with Crippen LogP contribution in [0, 0.1) is 12.7 Å². The zero-order chi connectivity index (χ0) is 13.1. The van der Waals surface area contributed by atoms with Crippen molar-refractivity contribution in [2.24, 2.45) is 0 Å². The topological polar surface area (TPSA) is 50.4 Å². The molecule has 2 aromatic rings. The number of benzene rings is 1. The number of aryl methyl sites for hydroxylation is 1. The van der Waals surface area contributed by atoms with Gasteiger partial charge in [0.2, 0.25) is 0 Å². The molecule has 18 heavy (non-hydrogen) atoms. The summed E-state index contributed by atoms with van der Waals surface area (Å²) < 4.78 is 18.3. The first-order valence-corrected chi connectivity index (χ1v) is 6.26. The van der Waals surface area contributed by atoms with Gasteiger partial charge in [-0.25, -0.2) is 9.18 Å². The zero-order valence-electron chi connectivity index (χ0n) is 9.64. The van der Waals surface area contributed by atoms with Crippen molar-refractivity contribution in [2.75, 3.05) is 0 Å². The maximum atomic E-state index is 13.0. The van der Waals surface area contributed by atoms with Crippen molar-refractivity contribution >= 4 is 17.7 Å². The predicted octanol–water partition coefficient (Wildman–Crippen LogP) is 3.72. The van der Waals surface area contributed by atoms with E-state index in [4.69, 9.17) is 9.52 Å². The highest BCUT2D eigenvalue weighted by Crippen LogP contribution is 2.25. The molecule has 0 fully saturated rings. The third-order valence-electron chi connectivity index (χ3n) is 2.38. The van der Waals surface area contributed by atoms with Crippen LogP contribution in [-0.4, -0.2) is 11.1 Å². The summed E-state index contributed by atoms with van der Waals surface area (Å²) in [6.07, 6.45) is 0. The minimum Gasteiger partial charge on any atom is -0.478 e. The Kier molecular flexibility index (Phi) is 3.72. The van der Waals surface area contributed by atoms with E-state index in [1.54, 1.807) is 19.1 Å². The number of carboxylic acid groups (broad SMARTS) is 1. The van der Waals surface area contributed by atoms with Crippen LogP contribution in [0.15, 0.2) is 39.6 Å². The Hall–Kier alpha value is -1.75. The number of furan rings is 1. The lowest BCUT2D eigenvalue weighted by Gasteiger charge is -1.99. The normalized spacial score (nSPS) is 10.6. The molecule has 0 atom stereocenters. The van der Waals surface area contributed by atoms with Gasteiger partial charge in [0.1, 0.15) is 22.9 Å². The van der Waals surface area contributed by atoms with Crippen molar-refractivity contribution in [2.45, 2.75) is 17.6 Å². The Morgan fingerprint density at radius 3 is 2.83 bits per heavy atom. The fraction of sp³-hybridized carbons (Fsp3) is 0.154. The van der Waals surface area contributed by atoms with Crippen molar-refractivity contribution in [1.29, 1.82) is 0 Å². The van der Waals surface area contributed by atoms with Crippen LogP contribution in [0.2, 0.25) is 0 Å². The van der Waals surface area contributed by atoms with E-state index in [9.17, 15) is 9.18 Å². The number of rotatable bonds is 4. The Morgan fingerprint density at radius 1 is 1.44 bits per heavy atom. The molecular formula is C13H11FO3S. The highest BCUT2D eigenvalue weighted by atomic mass is 32.2. The van der Waals surface area contributed by atoms with Crippen LogP contribution in [-0.2, 0) is 5.75 Å². The van der Waals surface area contributed by atoms with Crippen LogP contribution < -0.4 is 0 Å². The third kappa shape index (κ3) is 2.92. The molecule has 0 spiro atoms. The van der Waals surface area contributed by atoms with Gasteiger partial charge in [-0.15, -0.1) is 11.8 Å². The SMILES string of the molecule is Cc1oc(CSc2cccc(F)c2)cc1C(=O)O. The number of hydrogen-bond acceptors (Lipinski definition) is 3. The summed E-state index contributed by atoms with van der Waals surface area (Å²) in [5.74, 6) is 0.133. The molecule has 1 aromatic carbocycles. The van der Waals surface area contributed by atoms with E-state index in [0.717, 1.165) is 4.90 Å². The average Bonchev–Trinajstić information content (AvgIpc) is 2.68. The van der Waals surface area contributed by atoms with Crippen LogP contribution in [0.4, 0.5) is 4.39 Å². The molecule has 94 valence electrons. The second-order valence-corrected chi connectivity index (χ2v) is 4.78.